The van der Waals surface area contributed by atoms with Gasteiger partial charge in [-0.3, -0.25) is 4.79 Å². The summed E-state index contributed by atoms with van der Waals surface area (Å²) in [4.78, 5) is 13.7. The third kappa shape index (κ3) is 4.66. The molecule has 3 rings (SSSR count). The summed E-state index contributed by atoms with van der Waals surface area (Å²) in [6.07, 6.45) is 0. The van der Waals surface area contributed by atoms with Crippen molar-refractivity contribution in [1.29, 1.82) is 0 Å². The first-order valence-corrected chi connectivity index (χ1v) is 8.70. The lowest BCUT2D eigenvalue weighted by atomic mass is 10.2. The molecule has 0 fully saturated rings. The molecule has 0 N–H and O–H groups in total. The van der Waals surface area contributed by atoms with E-state index in [0.29, 0.717) is 17.7 Å². The molecule has 0 bridgehead atoms. The molecule has 0 radical (unpaired) electrons. The number of carbonyl (C=O) groups excluding carboxylic acids is 1. The van der Waals surface area contributed by atoms with E-state index in [2.05, 4.69) is 10.2 Å². The van der Waals surface area contributed by atoms with Gasteiger partial charge in [0.15, 0.2) is 0 Å². The van der Waals surface area contributed by atoms with Gasteiger partial charge in [-0.15, -0.1) is 10.2 Å². The first-order chi connectivity index (χ1) is 12.5. The predicted molar refractivity (Wildman–Crippen MR) is 93.3 cm³/mol. The smallest absolute Gasteiger partial charge is 0.277 e. The molecule has 0 spiro atoms. The molecule has 134 valence electrons. The van der Waals surface area contributed by atoms with E-state index in [-0.39, 0.29) is 34.4 Å². The van der Waals surface area contributed by atoms with Crippen LogP contribution in [0.15, 0.2) is 58.2 Å². The highest BCUT2D eigenvalue weighted by Crippen LogP contribution is 2.23. The van der Waals surface area contributed by atoms with E-state index in [1.807, 2.05) is 0 Å². The van der Waals surface area contributed by atoms with Crippen molar-refractivity contribution >= 4 is 17.7 Å². The normalized spacial score (nSPS) is 10.7. The Balaban J connectivity index is 1.55. The molecule has 0 atom stereocenters. The molecule has 3 aromatic rings. The van der Waals surface area contributed by atoms with Crippen LogP contribution in [0, 0.1) is 11.6 Å². The number of hydrogen-bond acceptors (Lipinski definition) is 5. The number of halogens is 2. The van der Waals surface area contributed by atoms with Crippen LogP contribution in [0.3, 0.4) is 0 Å². The Labute approximate surface area is 153 Å². The van der Waals surface area contributed by atoms with Gasteiger partial charge in [-0.2, -0.15) is 0 Å². The summed E-state index contributed by atoms with van der Waals surface area (Å²) >= 11 is 1.11. The van der Waals surface area contributed by atoms with Gasteiger partial charge in [0.2, 0.25) is 11.8 Å². The quantitative estimate of drug-likeness (QED) is 0.614. The molecule has 1 amide bonds. The molecule has 26 heavy (non-hydrogen) atoms. The number of amides is 1. The molecule has 0 saturated heterocycles. The van der Waals surface area contributed by atoms with Crippen LogP contribution in [0.1, 0.15) is 5.56 Å². The Kier molecular flexibility index (Phi) is 5.62. The summed E-state index contributed by atoms with van der Waals surface area (Å²) in [6, 6.07) is 11.8. The number of nitrogens with zero attached hydrogens (tertiary/aromatic N) is 3. The molecule has 0 aliphatic heterocycles. The van der Waals surface area contributed by atoms with Gasteiger partial charge in [-0.25, -0.2) is 8.78 Å². The number of aromatic nitrogens is 2. The zero-order valence-electron chi connectivity index (χ0n) is 13.9. The van der Waals surface area contributed by atoms with E-state index in [0.717, 1.165) is 11.8 Å². The number of rotatable bonds is 6. The second kappa shape index (κ2) is 8.09. The van der Waals surface area contributed by atoms with E-state index in [1.54, 1.807) is 19.2 Å². The lowest BCUT2D eigenvalue weighted by Gasteiger charge is -2.16. The van der Waals surface area contributed by atoms with Crippen molar-refractivity contribution < 1.29 is 18.0 Å². The summed E-state index contributed by atoms with van der Waals surface area (Å²) in [7, 11) is 1.64. The van der Waals surface area contributed by atoms with Crippen LogP contribution >= 0.6 is 11.8 Å². The Morgan fingerprint density at radius 3 is 2.62 bits per heavy atom. The fourth-order valence-electron chi connectivity index (χ4n) is 2.21. The molecule has 8 heteroatoms. The van der Waals surface area contributed by atoms with Crippen LogP contribution in [0.4, 0.5) is 8.78 Å². The average Bonchev–Trinajstić information content (AvgIpc) is 3.09. The molecule has 0 aliphatic carbocycles. The van der Waals surface area contributed by atoms with Crippen molar-refractivity contribution in [2.45, 2.75) is 11.8 Å². The monoisotopic (exact) mass is 375 g/mol. The molecule has 1 aromatic heterocycles. The van der Waals surface area contributed by atoms with Crippen LogP contribution < -0.4 is 0 Å². The molecule has 2 aromatic carbocycles. The van der Waals surface area contributed by atoms with E-state index < -0.39 is 0 Å². The van der Waals surface area contributed by atoms with E-state index in [1.165, 1.54) is 41.3 Å². The molecule has 5 nitrogen and oxygen atoms in total. The lowest BCUT2D eigenvalue weighted by molar-refractivity contribution is -0.127. The highest BCUT2D eigenvalue weighted by atomic mass is 32.2. The van der Waals surface area contributed by atoms with E-state index >= 15 is 0 Å². The van der Waals surface area contributed by atoms with Gasteiger partial charge in [-0.1, -0.05) is 23.9 Å². The van der Waals surface area contributed by atoms with Gasteiger partial charge in [0.25, 0.3) is 5.22 Å². The summed E-state index contributed by atoms with van der Waals surface area (Å²) < 4.78 is 31.6. The van der Waals surface area contributed by atoms with Crippen molar-refractivity contribution in [3.63, 3.8) is 0 Å². The van der Waals surface area contributed by atoms with Crippen molar-refractivity contribution in [2.75, 3.05) is 12.8 Å². The van der Waals surface area contributed by atoms with Crippen molar-refractivity contribution in [2.24, 2.45) is 0 Å². The molecule has 1 heterocycles. The fourth-order valence-corrected chi connectivity index (χ4v) is 2.91. The van der Waals surface area contributed by atoms with E-state index in [9.17, 15) is 13.6 Å². The third-order valence-electron chi connectivity index (χ3n) is 3.55. The zero-order valence-corrected chi connectivity index (χ0v) is 14.7. The molecule has 0 saturated carbocycles. The van der Waals surface area contributed by atoms with Gasteiger partial charge in [-0.05, 0) is 42.0 Å². The lowest BCUT2D eigenvalue weighted by Crippen LogP contribution is -2.27. The second-order valence-corrected chi connectivity index (χ2v) is 6.48. The van der Waals surface area contributed by atoms with Gasteiger partial charge < -0.3 is 9.32 Å². The average molecular weight is 375 g/mol. The number of thioether (sulfide) groups is 1. The van der Waals surface area contributed by atoms with Crippen molar-refractivity contribution in [3.8, 4) is 11.5 Å². The number of carbonyl (C=O) groups is 1. The summed E-state index contributed by atoms with van der Waals surface area (Å²) in [5.74, 6) is -0.475. The molecular weight excluding hydrogens is 360 g/mol. The predicted octanol–water partition coefficient (Wildman–Crippen LogP) is 3.77. The highest BCUT2D eigenvalue weighted by molar-refractivity contribution is 7.99. The Morgan fingerprint density at radius 2 is 1.88 bits per heavy atom. The standard InChI is InChI=1S/C18H15F2N3O2S/c1-23(10-12-3-2-4-15(20)9-12)16(24)11-26-18-22-21-17(25-18)13-5-7-14(19)8-6-13/h2-9H,10-11H2,1H3. The Hall–Kier alpha value is -2.74. The molecular formula is C18H15F2N3O2S. The first kappa shape index (κ1) is 18.1. The van der Waals surface area contributed by atoms with Crippen molar-refractivity contribution in [1.82, 2.24) is 15.1 Å². The number of benzene rings is 2. The first-order valence-electron chi connectivity index (χ1n) is 7.72. The SMILES string of the molecule is CN(Cc1cccc(F)c1)C(=O)CSc1nnc(-c2ccc(F)cc2)o1. The zero-order chi connectivity index (χ0) is 18.5. The minimum atomic E-state index is -0.352. The molecule has 0 unspecified atom stereocenters. The van der Waals surface area contributed by atoms with Gasteiger partial charge >= 0.3 is 0 Å². The summed E-state index contributed by atoms with van der Waals surface area (Å²) in [5.41, 5.74) is 1.31. The fraction of sp³-hybridized carbons (Fsp3) is 0.167. The maximum atomic E-state index is 13.2. The van der Waals surface area contributed by atoms with E-state index in [4.69, 9.17) is 4.42 Å². The van der Waals surface area contributed by atoms with Crippen LogP contribution in [0.2, 0.25) is 0 Å². The minimum Gasteiger partial charge on any atom is -0.411 e. The Bertz CT molecular complexity index is 899. The maximum absolute atomic E-state index is 13.2. The minimum absolute atomic E-state index is 0.108. The summed E-state index contributed by atoms with van der Waals surface area (Å²) in [6.45, 7) is 0.307. The van der Waals surface area contributed by atoms with Crippen LogP contribution in [0.25, 0.3) is 11.5 Å². The van der Waals surface area contributed by atoms with Gasteiger partial charge in [0.05, 0.1) is 5.75 Å². The van der Waals surface area contributed by atoms with Crippen molar-refractivity contribution in [3.05, 3.63) is 65.7 Å². The van der Waals surface area contributed by atoms with Crippen LogP contribution in [0.5, 0.6) is 0 Å². The Morgan fingerprint density at radius 1 is 1.12 bits per heavy atom. The second-order valence-electron chi connectivity index (χ2n) is 5.55. The number of hydrogen-bond donors (Lipinski definition) is 0. The third-order valence-corrected chi connectivity index (χ3v) is 4.35. The topological polar surface area (TPSA) is 59.2 Å². The molecule has 0 aliphatic rings. The largest absolute Gasteiger partial charge is 0.411 e. The maximum Gasteiger partial charge on any atom is 0.277 e. The van der Waals surface area contributed by atoms with Crippen LogP contribution in [-0.2, 0) is 11.3 Å². The summed E-state index contributed by atoms with van der Waals surface area (Å²) in [5, 5.41) is 8.01. The van der Waals surface area contributed by atoms with Gasteiger partial charge in [0.1, 0.15) is 11.6 Å². The van der Waals surface area contributed by atoms with Crippen LogP contribution in [-0.4, -0.2) is 33.8 Å². The highest BCUT2D eigenvalue weighted by Gasteiger charge is 2.14. The van der Waals surface area contributed by atoms with Gasteiger partial charge in [0, 0.05) is 19.2 Å².